The van der Waals surface area contributed by atoms with Gasteiger partial charge in [0.1, 0.15) is 0 Å². The zero-order valence-electron chi connectivity index (χ0n) is 11.8. The van der Waals surface area contributed by atoms with Gasteiger partial charge in [0, 0.05) is 17.6 Å². The standard InChI is InChI=1S/C13H14ClF3N2O3/c1-7(2)6-18-11(20)19-13(12(15,16)17)21-9-4-3-8(14)5-10(9)22-13/h3-5,7H,6H2,1-2H3,(H2,18,19,20). The van der Waals surface area contributed by atoms with E-state index < -0.39 is 18.1 Å². The minimum absolute atomic E-state index is 0.0778. The van der Waals surface area contributed by atoms with Gasteiger partial charge in [-0.2, -0.15) is 13.2 Å². The van der Waals surface area contributed by atoms with E-state index in [-0.39, 0.29) is 29.0 Å². The van der Waals surface area contributed by atoms with Crippen LogP contribution in [-0.2, 0) is 0 Å². The third-order valence-corrected chi connectivity index (χ3v) is 2.97. The van der Waals surface area contributed by atoms with E-state index in [0.717, 1.165) is 0 Å². The molecule has 9 heteroatoms. The molecule has 0 aromatic heterocycles. The molecule has 1 aromatic rings. The molecule has 0 aliphatic carbocycles. The van der Waals surface area contributed by atoms with Crippen LogP contribution in [0.5, 0.6) is 11.5 Å². The van der Waals surface area contributed by atoms with Crippen LogP contribution in [-0.4, -0.2) is 24.7 Å². The highest BCUT2D eigenvalue weighted by atomic mass is 35.5. The Kier molecular flexibility index (Phi) is 4.32. The quantitative estimate of drug-likeness (QED) is 0.889. The maximum Gasteiger partial charge on any atom is 0.492 e. The Hall–Kier alpha value is -1.83. The maximum atomic E-state index is 13.3. The van der Waals surface area contributed by atoms with Crippen LogP contribution in [0.15, 0.2) is 18.2 Å². The summed E-state index contributed by atoms with van der Waals surface area (Å²) in [5.41, 5.74) is 0. The fourth-order valence-electron chi connectivity index (χ4n) is 1.70. The molecular weight excluding hydrogens is 325 g/mol. The fourth-order valence-corrected chi connectivity index (χ4v) is 1.87. The summed E-state index contributed by atoms with van der Waals surface area (Å²) in [6.07, 6.45) is -4.99. The molecule has 122 valence electrons. The predicted octanol–water partition coefficient (Wildman–Crippen LogP) is 3.28. The van der Waals surface area contributed by atoms with Gasteiger partial charge in [0.2, 0.25) is 0 Å². The molecule has 0 spiro atoms. The van der Waals surface area contributed by atoms with E-state index in [9.17, 15) is 18.0 Å². The monoisotopic (exact) mass is 338 g/mol. The minimum atomic E-state index is -4.99. The lowest BCUT2D eigenvalue weighted by atomic mass is 10.2. The summed E-state index contributed by atoms with van der Waals surface area (Å²) < 4.78 is 49.6. The second-order valence-corrected chi connectivity index (χ2v) is 5.57. The predicted molar refractivity (Wildman–Crippen MR) is 72.9 cm³/mol. The number of benzene rings is 1. The number of fused-ring (bicyclic) bond motifs is 1. The Bertz CT molecular complexity index is 580. The number of alkyl halides is 3. The van der Waals surface area contributed by atoms with E-state index in [4.69, 9.17) is 21.1 Å². The van der Waals surface area contributed by atoms with Crippen molar-refractivity contribution in [1.29, 1.82) is 0 Å². The van der Waals surface area contributed by atoms with Gasteiger partial charge in [-0.05, 0) is 18.1 Å². The summed E-state index contributed by atoms with van der Waals surface area (Å²) in [4.78, 5) is 11.7. The lowest BCUT2D eigenvalue weighted by molar-refractivity contribution is -0.317. The second kappa shape index (κ2) is 5.75. The van der Waals surface area contributed by atoms with Crippen LogP contribution in [0.2, 0.25) is 5.02 Å². The van der Waals surface area contributed by atoms with Crippen molar-refractivity contribution in [1.82, 2.24) is 10.6 Å². The Balaban J connectivity index is 2.20. The minimum Gasteiger partial charge on any atom is -0.424 e. The van der Waals surface area contributed by atoms with Gasteiger partial charge in [0.25, 0.3) is 0 Å². The van der Waals surface area contributed by atoms with E-state index in [2.05, 4.69) is 5.32 Å². The van der Waals surface area contributed by atoms with E-state index in [1.54, 1.807) is 19.2 Å². The summed E-state index contributed by atoms with van der Waals surface area (Å²) in [6.45, 7) is 3.82. The molecular formula is C13H14ClF3N2O3. The van der Waals surface area contributed by atoms with Gasteiger partial charge >= 0.3 is 18.1 Å². The number of hydrogen-bond donors (Lipinski definition) is 2. The summed E-state index contributed by atoms with van der Waals surface area (Å²) in [6, 6.07) is 2.72. The molecule has 1 heterocycles. The van der Waals surface area contributed by atoms with E-state index in [0.29, 0.717) is 0 Å². The van der Waals surface area contributed by atoms with Gasteiger partial charge in [-0.1, -0.05) is 25.4 Å². The van der Waals surface area contributed by atoms with Gasteiger partial charge < -0.3 is 14.8 Å². The molecule has 1 aromatic carbocycles. The molecule has 22 heavy (non-hydrogen) atoms. The second-order valence-electron chi connectivity index (χ2n) is 5.14. The van der Waals surface area contributed by atoms with Crippen LogP contribution in [0.4, 0.5) is 18.0 Å². The van der Waals surface area contributed by atoms with Crippen molar-refractivity contribution in [3.8, 4) is 11.5 Å². The van der Waals surface area contributed by atoms with E-state index in [1.165, 1.54) is 18.2 Å². The van der Waals surface area contributed by atoms with Crippen molar-refractivity contribution in [3.05, 3.63) is 23.2 Å². The number of halogens is 4. The Labute approximate surface area is 129 Å². The first-order valence-electron chi connectivity index (χ1n) is 6.43. The highest BCUT2D eigenvalue weighted by Crippen LogP contribution is 2.45. The van der Waals surface area contributed by atoms with Gasteiger partial charge in [-0.15, -0.1) is 0 Å². The molecule has 0 fully saturated rings. The van der Waals surface area contributed by atoms with Crippen molar-refractivity contribution in [3.63, 3.8) is 0 Å². The zero-order valence-corrected chi connectivity index (χ0v) is 12.5. The van der Waals surface area contributed by atoms with Crippen LogP contribution in [0.1, 0.15) is 13.8 Å². The van der Waals surface area contributed by atoms with E-state index >= 15 is 0 Å². The molecule has 5 nitrogen and oxygen atoms in total. The summed E-state index contributed by atoms with van der Waals surface area (Å²) >= 11 is 5.70. The van der Waals surface area contributed by atoms with Crippen LogP contribution < -0.4 is 20.1 Å². The summed E-state index contributed by atoms with van der Waals surface area (Å²) in [5.74, 6) is -3.56. The van der Waals surface area contributed by atoms with Crippen LogP contribution in [0.25, 0.3) is 0 Å². The number of ether oxygens (including phenoxy) is 2. The highest BCUT2D eigenvalue weighted by molar-refractivity contribution is 6.30. The van der Waals surface area contributed by atoms with E-state index in [1.807, 2.05) is 0 Å². The van der Waals surface area contributed by atoms with Gasteiger partial charge in [0.05, 0.1) is 0 Å². The first-order valence-corrected chi connectivity index (χ1v) is 6.81. The molecule has 2 amide bonds. The first kappa shape index (κ1) is 16.5. The number of carbonyl (C=O) groups excluding carboxylic acids is 1. The molecule has 0 saturated heterocycles. The topological polar surface area (TPSA) is 59.6 Å². The third-order valence-electron chi connectivity index (χ3n) is 2.74. The molecule has 0 bridgehead atoms. The van der Waals surface area contributed by atoms with Crippen molar-refractivity contribution in [2.75, 3.05) is 6.54 Å². The van der Waals surface area contributed by atoms with Crippen molar-refractivity contribution < 1.29 is 27.4 Å². The lowest BCUT2D eigenvalue weighted by Gasteiger charge is -2.29. The Morgan fingerprint density at radius 2 is 1.95 bits per heavy atom. The van der Waals surface area contributed by atoms with Crippen LogP contribution in [0.3, 0.4) is 0 Å². The number of hydrogen-bond acceptors (Lipinski definition) is 3. The molecule has 2 rings (SSSR count). The molecule has 1 atom stereocenters. The molecule has 0 radical (unpaired) electrons. The molecule has 0 saturated carbocycles. The number of urea groups is 1. The number of nitrogens with one attached hydrogen (secondary N) is 2. The number of rotatable bonds is 3. The van der Waals surface area contributed by atoms with Gasteiger partial charge in [-0.3, -0.25) is 5.32 Å². The average molecular weight is 339 g/mol. The molecule has 1 unspecified atom stereocenters. The summed E-state index contributed by atoms with van der Waals surface area (Å²) in [5, 5.41) is 4.18. The van der Waals surface area contributed by atoms with Gasteiger partial charge in [-0.25, -0.2) is 4.79 Å². The smallest absolute Gasteiger partial charge is 0.424 e. The Morgan fingerprint density at radius 3 is 2.55 bits per heavy atom. The normalized spacial score (nSPS) is 20.1. The van der Waals surface area contributed by atoms with Crippen molar-refractivity contribution >= 4 is 17.6 Å². The third kappa shape index (κ3) is 3.32. The number of carbonyl (C=O) groups is 1. The van der Waals surface area contributed by atoms with Crippen LogP contribution in [0, 0.1) is 5.92 Å². The SMILES string of the molecule is CC(C)CNC(=O)NC1(C(F)(F)F)Oc2ccc(Cl)cc2O1. The fraction of sp³-hybridized carbons (Fsp3) is 0.462. The Morgan fingerprint density at radius 1 is 1.32 bits per heavy atom. The number of amides is 2. The lowest BCUT2D eigenvalue weighted by Crippen LogP contribution is -2.66. The molecule has 1 aliphatic heterocycles. The average Bonchev–Trinajstić information content (AvgIpc) is 2.74. The van der Waals surface area contributed by atoms with Crippen molar-refractivity contribution in [2.24, 2.45) is 5.92 Å². The largest absolute Gasteiger partial charge is 0.492 e. The molecule has 1 aliphatic rings. The van der Waals surface area contributed by atoms with Crippen LogP contribution >= 0.6 is 11.6 Å². The van der Waals surface area contributed by atoms with Gasteiger partial charge in [0.15, 0.2) is 11.5 Å². The molecule has 2 N–H and O–H groups in total. The zero-order chi connectivity index (χ0) is 16.5. The highest BCUT2D eigenvalue weighted by Gasteiger charge is 2.65. The first-order chi connectivity index (χ1) is 10.1. The van der Waals surface area contributed by atoms with Crippen molar-refractivity contribution in [2.45, 2.75) is 25.9 Å². The maximum absolute atomic E-state index is 13.3. The summed E-state index contributed by atoms with van der Waals surface area (Å²) in [7, 11) is 0.